The summed E-state index contributed by atoms with van der Waals surface area (Å²) in [7, 11) is 0. The van der Waals surface area contributed by atoms with E-state index in [9.17, 15) is 9.50 Å². The van der Waals surface area contributed by atoms with Gasteiger partial charge in [-0.25, -0.2) is 4.39 Å². The normalized spacial score (nSPS) is 23.2. The van der Waals surface area contributed by atoms with Gasteiger partial charge in [0.2, 0.25) is 0 Å². The maximum absolute atomic E-state index is 13.8. The van der Waals surface area contributed by atoms with E-state index >= 15 is 0 Å². The van der Waals surface area contributed by atoms with E-state index in [0.717, 1.165) is 24.0 Å². The van der Waals surface area contributed by atoms with Crippen LogP contribution in [-0.4, -0.2) is 17.8 Å². The monoisotopic (exact) mass is 266 g/mol. The van der Waals surface area contributed by atoms with Crippen molar-refractivity contribution in [2.75, 3.05) is 6.61 Å². The van der Waals surface area contributed by atoms with Crippen molar-refractivity contribution >= 4 is 0 Å². The molecule has 3 heteroatoms. The average Bonchev–Trinajstić information content (AvgIpc) is 2.27. The summed E-state index contributed by atoms with van der Waals surface area (Å²) in [5.41, 5.74) is 1.58. The average molecular weight is 266 g/mol. The van der Waals surface area contributed by atoms with Crippen LogP contribution in [0.25, 0.3) is 0 Å². The number of rotatable bonds is 5. The molecule has 1 aromatic carbocycles. The summed E-state index contributed by atoms with van der Waals surface area (Å²) in [6, 6.07) is 5.67. The summed E-state index contributed by atoms with van der Waals surface area (Å²) in [5.74, 6) is 0.499. The first-order chi connectivity index (χ1) is 8.86. The van der Waals surface area contributed by atoms with Crippen LogP contribution in [0.1, 0.15) is 43.4 Å². The molecule has 0 aromatic heterocycles. The van der Waals surface area contributed by atoms with Gasteiger partial charge in [-0.3, -0.25) is 0 Å². The summed E-state index contributed by atoms with van der Waals surface area (Å²) in [6.07, 6.45) is 1.59. The maximum atomic E-state index is 13.8. The van der Waals surface area contributed by atoms with Gasteiger partial charge in [0.05, 0.1) is 19.3 Å². The Morgan fingerprint density at radius 2 is 2.05 bits per heavy atom. The topological polar surface area (TPSA) is 29.5 Å². The number of ether oxygens (including phenoxy) is 1. The molecule has 0 aliphatic heterocycles. The summed E-state index contributed by atoms with van der Waals surface area (Å²) in [4.78, 5) is 0. The van der Waals surface area contributed by atoms with Crippen LogP contribution in [0.3, 0.4) is 0 Å². The van der Waals surface area contributed by atoms with Gasteiger partial charge in [0.1, 0.15) is 5.67 Å². The molecule has 0 amide bonds. The predicted molar refractivity (Wildman–Crippen MR) is 73.7 cm³/mol. The van der Waals surface area contributed by atoms with Crippen LogP contribution in [0, 0.1) is 12.8 Å². The zero-order valence-corrected chi connectivity index (χ0v) is 11.9. The van der Waals surface area contributed by atoms with Crippen LogP contribution in [-0.2, 0) is 17.0 Å². The van der Waals surface area contributed by atoms with Gasteiger partial charge < -0.3 is 9.84 Å². The fourth-order valence-electron chi connectivity index (χ4n) is 2.40. The van der Waals surface area contributed by atoms with Crippen molar-refractivity contribution in [1.29, 1.82) is 0 Å². The lowest BCUT2D eigenvalue weighted by atomic mass is 9.83. The van der Waals surface area contributed by atoms with E-state index in [2.05, 4.69) is 0 Å². The summed E-state index contributed by atoms with van der Waals surface area (Å²) < 4.78 is 19.5. The minimum absolute atomic E-state index is 0.124. The van der Waals surface area contributed by atoms with E-state index in [1.54, 1.807) is 13.8 Å². The fourth-order valence-corrected chi connectivity index (χ4v) is 2.40. The number of aliphatic hydroxyl groups excluding tert-OH is 1. The quantitative estimate of drug-likeness (QED) is 0.884. The molecule has 0 radical (unpaired) electrons. The molecular weight excluding hydrogens is 243 g/mol. The second kappa shape index (κ2) is 5.59. The molecule has 0 unspecified atom stereocenters. The molecule has 1 N–H and O–H groups in total. The zero-order chi connectivity index (χ0) is 14.0. The molecule has 1 aliphatic carbocycles. The van der Waals surface area contributed by atoms with Crippen LogP contribution >= 0.6 is 0 Å². The summed E-state index contributed by atoms with van der Waals surface area (Å²) in [6.45, 7) is 6.39. The molecule has 0 saturated heterocycles. The van der Waals surface area contributed by atoms with E-state index < -0.39 is 5.67 Å². The molecule has 2 rings (SSSR count). The number of hydrogen-bond donors (Lipinski definition) is 1. The first kappa shape index (κ1) is 14.5. The van der Waals surface area contributed by atoms with E-state index in [1.165, 1.54) is 0 Å². The van der Waals surface area contributed by atoms with E-state index in [4.69, 9.17) is 4.74 Å². The van der Waals surface area contributed by atoms with Gasteiger partial charge in [-0.05, 0) is 56.2 Å². The second-order valence-corrected chi connectivity index (χ2v) is 6.12. The molecule has 0 spiro atoms. The zero-order valence-electron chi connectivity index (χ0n) is 11.9. The Bertz CT molecular complexity index is 431. The number of aryl methyl sites for hydroxylation is 1. The van der Waals surface area contributed by atoms with Crippen LogP contribution in [0.4, 0.5) is 4.39 Å². The highest BCUT2D eigenvalue weighted by atomic mass is 19.1. The third-order valence-corrected chi connectivity index (χ3v) is 3.85. The molecule has 1 aromatic rings. The highest BCUT2D eigenvalue weighted by Gasteiger charge is 2.27. The smallest absolute Gasteiger partial charge is 0.130 e. The van der Waals surface area contributed by atoms with Gasteiger partial charge >= 0.3 is 0 Å². The molecule has 1 fully saturated rings. The molecule has 2 nitrogen and oxygen atoms in total. The first-order valence-electron chi connectivity index (χ1n) is 6.91. The van der Waals surface area contributed by atoms with Gasteiger partial charge in [-0.15, -0.1) is 0 Å². The lowest BCUT2D eigenvalue weighted by Crippen LogP contribution is -2.31. The highest BCUT2D eigenvalue weighted by Crippen LogP contribution is 2.28. The number of benzene rings is 1. The molecule has 0 bridgehead atoms. The van der Waals surface area contributed by atoms with Crippen molar-refractivity contribution in [3.63, 3.8) is 0 Å². The minimum atomic E-state index is -1.30. The van der Waals surface area contributed by atoms with Gasteiger partial charge in [-0.2, -0.15) is 0 Å². The van der Waals surface area contributed by atoms with Gasteiger partial charge in [0.25, 0.3) is 0 Å². The minimum Gasteiger partial charge on any atom is -0.393 e. The third-order valence-electron chi connectivity index (χ3n) is 3.85. The van der Waals surface area contributed by atoms with Crippen molar-refractivity contribution in [3.8, 4) is 0 Å². The lowest BCUT2D eigenvalue weighted by Gasteiger charge is -2.31. The number of hydrogen-bond acceptors (Lipinski definition) is 2. The third kappa shape index (κ3) is 3.77. The predicted octanol–water partition coefficient (Wildman–Crippen LogP) is 3.49. The van der Waals surface area contributed by atoms with Crippen molar-refractivity contribution in [3.05, 3.63) is 34.9 Å². The lowest BCUT2D eigenvalue weighted by molar-refractivity contribution is -0.0146. The van der Waals surface area contributed by atoms with Crippen molar-refractivity contribution in [2.45, 2.75) is 52.0 Å². The SMILES string of the molecule is Cc1cc(C(C)(C)F)ccc1COC[C@H]1C[C@@H](O)C1. The van der Waals surface area contributed by atoms with E-state index in [1.807, 2.05) is 25.1 Å². The van der Waals surface area contributed by atoms with Gasteiger partial charge in [-0.1, -0.05) is 18.2 Å². The Balaban J connectivity index is 1.87. The number of halogens is 1. The Hall–Kier alpha value is -0.930. The van der Waals surface area contributed by atoms with Gasteiger partial charge in [0.15, 0.2) is 0 Å². The molecule has 0 atom stereocenters. The molecule has 1 saturated carbocycles. The van der Waals surface area contributed by atoms with Crippen LogP contribution in [0.2, 0.25) is 0 Å². The standard InChI is InChI=1S/C16H23FO2/c1-11-6-14(16(2,3)17)5-4-13(11)10-19-9-12-7-15(18)8-12/h4-6,12,15,18H,7-10H2,1-3H3/t12-,15+. The summed E-state index contributed by atoms with van der Waals surface area (Å²) in [5, 5.41) is 9.19. The number of alkyl halides is 1. The Labute approximate surface area is 114 Å². The maximum Gasteiger partial charge on any atom is 0.130 e. The Morgan fingerprint density at radius 1 is 1.37 bits per heavy atom. The van der Waals surface area contributed by atoms with Crippen molar-refractivity contribution in [1.82, 2.24) is 0 Å². The highest BCUT2D eigenvalue weighted by molar-refractivity contribution is 5.33. The largest absolute Gasteiger partial charge is 0.393 e. The van der Waals surface area contributed by atoms with Crippen LogP contribution < -0.4 is 0 Å². The molecule has 0 heterocycles. The van der Waals surface area contributed by atoms with Crippen molar-refractivity contribution in [2.24, 2.45) is 5.92 Å². The second-order valence-electron chi connectivity index (χ2n) is 6.12. The Kier molecular flexibility index (Phi) is 4.26. The first-order valence-corrected chi connectivity index (χ1v) is 6.91. The van der Waals surface area contributed by atoms with Gasteiger partial charge in [0, 0.05) is 0 Å². The van der Waals surface area contributed by atoms with E-state index in [0.29, 0.717) is 24.7 Å². The van der Waals surface area contributed by atoms with Crippen molar-refractivity contribution < 1.29 is 14.2 Å². The number of aliphatic hydroxyl groups is 1. The van der Waals surface area contributed by atoms with Crippen LogP contribution in [0.5, 0.6) is 0 Å². The van der Waals surface area contributed by atoms with Crippen LogP contribution in [0.15, 0.2) is 18.2 Å². The molecular formula is C16H23FO2. The Morgan fingerprint density at radius 3 is 2.58 bits per heavy atom. The molecule has 106 valence electrons. The molecule has 19 heavy (non-hydrogen) atoms. The fraction of sp³-hybridized carbons (Fsp3) is 0.625. The van der Waals surface area contributed by atoms with E-state index in [-0.39, 0.29) is 6.10 Å². The molecule has 1 aliphatic rings. The summed E-state index contributed by atoms with van der Waals surface area (Å²) >= 11 is 0.